The zero-order valence-electron chi connectivity index (χ0n) is 24.0. The summed E-state index contributed by atoms with van der Waals surface area (Å²) in [5, 5.41) is 10.1. The van der Waals surface area contributed by atoms with E-state index in [2.05, 4.69) is 20.7 Å². The summed E-state index contributed by atoms with van der Waals surface area (Å²) in [7, 11) is 0. The Hall–Kier alpha value is -3.64. The van der Waals surface area contributed by atoms with Gasteiger partial charge in [0.15, 0.2) is 5.65 Å². The Morgan fingerprint density at radius 3 is 2.35 bits per heavy atom. The molecule has 232 valence electrons. The monoisotopic (exact) mass is 606 g/mol. The number of aromatic nitrogens is 4. The highest BCUT2D eigenvalue weighted by Gasteiger charge is 2.40. The normalized spacial score (nSPS) is 18.9. The third kappa shape index (κ3) is 7.85. The van der Waals surface area contributed by atoms with E-state index in [1.807, 2.05) is 19.9 Å². The van der Waals surface area contributed by atoms with Crippen molar-refractivity contribution in [3.8, 4) is 0 Å². The van der Waals surface area contributed by atoms with Crippen molar-refractivity contribution in [2.75, 3.05) is 0 Å². The standard InChI is InChI=1S/C30H35F5N6O2/c1-17(2)21-4-3-5-22(37-21)28(43)40-27(19-8-11-29(31,32)12-9-19)23-16-41-24(38-23)14-20(15-36-41)26(18-6-7-18)39-25(42)10-13-30(33,34)35/h3-5,14-19,26-27H,6-13H2,1-2H3,(H,39,42)(H,40,43)/t26?,27-/m0/s1. The van der Waals surface area contributed by atoms with Crippen molar-refractivity contribution < 1.29 is 31.5 Å². The summed E-state index contributed by atoms with van der Waals surface area (Å²) in [4.78, 5) is 34.8. The second-order valence-corrected chi connectivity index (χ2v) is 12.0. The maximum absolute atomic E-state index is 14.0. The van der Waals surface area contributed by atoms with Crippen LogP contribution in [0.25, 0.3) is 5.65 Å². The Morgan fingerprint density at radius 2 is 1.70 bits per heavy atom. The highest BCUT2D eigenvalue weighted by Crippen LogP contribution is 2.43. The first-order valence-electron chi connectivity index (χ1n) is 14.6. The van der Waals surface area contributed by atoms with Gasteiger partial charge in [-0.2, -0.15) is 18.3 Å². The van der Waals surface area contributed by atoms with E-state index < -0.39 is 48.8 Å². The van der Waals surface area contributed by atoms with Crippen LogP contribution >= 0.6 is 0 Å². The number of hydrogen-bond acceptors (Lipinski definition) is 5. The minimum Gasteiger partial charge on any atom is -0.349 e. The molecule has 2 N–H and O–H groups in total. The van der Waals surface area contributed by atoms with Gasteiger partial charge in [0, 0.05) is 25.0 Å². The highest BCUT2D eigenvalue weighted by molar-refractivity contribution is 5.92. The summed E-state index contributed by atoms with van der Waals surface area (Å²) in [5.74, 6) is -3.99. The molecule has 43 heavy (non-hydrogen) atoms. The Bertz CT molecular complexity index is 1460. The molecule has 3 heterocycles. The number of imidazole rings is 1. The molecule has 0 radical (unpaired) electrons. The molecule has 2 aliphatic carbocycles. The number of carbonyl (C=O) groups excluding carboxylic acids is 2. The zero-order chi connectivity index (χ0) is 30.9. The summed E-state index contributed by atoms with van der Waals surface area (Å²) in [5.41, 5.74) is 2.44. The first-order valence-corrected chi connectivity index (χ1v) is 14.6. The average Bonchev–Trinajstić information content (AvgIpc) is 3.71. The Labute approximate surface area is 245 Å². The molecule has 2 fully saturated rings. The van der Waals surface area contributed by atoms with Gasteiger partial charge in [-0.15, -0.1) is 0 Å². The summed E-state index contributed by atoms with van der Waals surface area (Å²) in [6.45, 7) is 3.93. The van der Waals surface area contributed by atoms with Crippen molar-refractivity contribution in [1.29, 1.82) is 0 Å². The SMILES string of the molecule is CC(C)c1cccc(C(=O)N[C@H](c2cn3ncc(C(NC(=O)CCC(F)(F)F)C4CC4)cc3n2)C2CCC(F)(F)CC2)n1. The van der Waals surface area contributed by atoms with Gasteiger partial charge in [-0.05, 0) is 67.2 Å². The van der Waals surface area contributed by atoms with E-state index in [1.165, 1.54) is 4.52 Å². The van der Waals surface area contributed by atoms with Crippen molar-refractivity contribution in [3.05, 3.63) is 59.3 Å². The molecule has 2 amide bonds. The minimum atomic E-state index is -4.42. The fraction of sp³-hybridized carbons (Fsp3) is 0.567. The van der Waals surface area contributed by atoms with Crippen molar-refractivity contribution in [2.45, 2.75) is 95.3 Å². The number of rotatable bonds is 10. The van der Waals surface area contributed by atoms with Crippen LogP contribution in [0.15, 0.2) is 36.7 Å². The first kappa shape index (κ1) is 30.8. The van der Waals surface area contributed by atoms with Gasteiger partial charge in [-0.1, -0.05) is 19.9 Å². The van der Waals surface area contributed by atoms with Crippen LogP contribution in [-0.2, 0) is 4.79 Å². The molecule has 2 aliphatic rings. The largest absolute Gasteiger partial charge is 0.389 e. The molecule has 1 unspecified atom stereocenters. The fourth-order valence-electron chi connectivity index (χ4n) is 5.58. The second kappa shape index (κ2) is 12.2. The molecular formula is C30H35F5N6O2. The molecule has 5 rings (SSSR count). The van der Waals surface area contributed by atoms with Gasteiger partial charge in [-0.3, -0.25) is 9.59 Å². The van der Waals surface area contributed by atoms with Crippen LogP contribution in [0.3, 0.4) is 0 Å². The Morgan fingerprint density at radius 1 is 1.00 bits per heavy atom. The summed E-state index contributed by atoms with van der Waals surface area (Å²) >= 11 is 0. The molecule has 3 aromatic heterocycles. The third-order valence-electron chi connectivity index (χ3n) is 8.20. The molecule has 0 aliphatic heterocycles. The number of nitrogens with zero attached hydrogens (tertiary/aromatic N) is 4. The lowest BCUT2D eigenvalue weighted by atomic mass is 9.81. The third-order valence-corrected chi connectivity index (χ3v) is 8.20. The number of halogens is 5. The maximum atomic E-state index is 14.0. The molecular weight excluding hydrogens is 571 g/mol. The topological polar surface area (TPSA) is 101 Å². The number of amides is 2. The van der Waals surface area contributed by atoms with Crippen molar-refractivity contribution in [1.82, 2.24) is 30.2 Å². The van der Waals surface area contributed by atoms with Crippen molar-refractivity contribution in [2.24, 2.45) is 11.8 Å². The van der Waals surface area contributed by atoms with Gasteiger partial charge >= 0.3 is 6.18 Å². The molecule has 3 aromatic rings. The average molecular weight is 607 g/mol. The minimum absolute atomic E-state index is 0.0820. The molecule has 8 nitrogen and oxygen atoms in total. The second-order valence-electron chi connectivity index (χ2n) is 12.0. The lowest BCUT2D eigenvalue weighted by molar-refractivity contribution is -0.144. The number of carbonyl (C=O) groups is 2. The van der Waals surface area contributed by atoms with E-state index in [0.717, 1.165) is 18.5 Å². The molecule has 0 saturated heterocycles. The van der Waals surface area contributed by atoms with E-state index in [4.69, 9.17) is 4.98 Å². The predicted molar refractivity (Wildman–Crippen MR) is 147 cm³/mol. The number of pyridine rings is 1. The Balaban J connectivity index is 1.40. The van der Waals surface area contributed by atoms with Crippen LogP contribution in [0.1, 0.15) is 111 Å². The van der Waals surface area contributed by atoms with Crippen LogP contribution in [-0.4, -0.2) is 43.5 Å². The fourth-order valence-corrected chi connectivity index (χ4v) is 5.58. The van der Waals surface area contributed by atoms with Crippen LogP contribution in [0, 0.1) is 11.8 Å². The van der Waals surface area contributed by atoms with E-state index in [1.54, 1.807) is 30.6 Å². The number of fused-ring (bicyclic) bond motifs is 1. The molecule has 2 atom stereocenters. The lowest BCUT2D eigenvalue weighted by Gasteiger charge is -2.33. The summed E-state index contributed by atoms with van der Waals surface area (Å²) in [6, 6.07) is 5.72. The van der Waals surface area contributed by atoms with Crippen LogP contribution in [0.2, 0.25) is 0 Å². The van der Waals surface area contributed by atoms with Gasteiger partial charge in [0.1, 0.15) is 5.69 Å². The van der Waals surface area contributed by atoms with Gasteiger partial charge in [0.05, 0.1) is 36.6 Å². The molecule has 2 saturated carbocycles. The maximum Gasteiger partial charge on any atom is 0.389 e. The number of alkyl halides is 5. The van der Waals surface area contributed by atoms with Crippen molar-refractivity contribution in [3.63, 3.8) is 0 Å². The molecule has 0 spiro atoms. The summed E-state index contributed by atoms with van der Waals surface area (Å²) < 4.78 is 67.4. The van der Waals surface area contributed by atoms with E-state index in [9.17, 15) is 31.5 Å². The smallest absolute Gasteiger partial charge is 0.349 e. The van der Waals surface area contributed by atoms with E-state index in [-0.39, 0.29) is 49.1 Å². The number of hydrogen-bond donors (Lipinski definition) is 2. The zero-order valence-corrected chi connectivity index (χ0v) is 24.0. The van der Waals surface area contributed by atoms with E-state index >= 15 is 0 Å². The van der Waals surface area contributed by atoms with Crippen LogP contribution in [0.4, 0.5) is 22.0 Å². The lowest BCUT2D eigenvalue weighted by Crippen LogP contribution is -2.37. The van der Waals surface area contributed by atoms with Crippen LogP contribution in [0.5, 0.6) is 0 Å². The predicted octanol–water partition coefficient (Wildman–Crippen LogP) is 6.45. The summed E-state index contributed by atoms with van der Waals surface area (Å²) in [6.07, 6.45) is -1.66. The van der Waals surface area contributed by atoms with Crippen molar-refractivity contribution >= 4 is 17.5 Å². The van der Waals surface area contributed by atoms with Crippen LogP contribution < -0.4 is 10.6 Å². The molecule has 0 aromatic carbocycles. The van der Waals surface area contributed by atoms with Gasteiger partial charge in [-0.25, -0.2) is 23.3 Å². The Kier molecular flexibility index (Phi) is 8.71. The molecule has 0 bridgehead atoms. The first-order chi connectivity index (χ1) is 20.3. The highest BCUT2D eigenvalue weighted by atomic mass is 19.4. The van der Waals surface area contributed by atoms with Gasteiger partial charge in [0.25, 0.3) is 5.91 Å². The molecule has 13 heteroatoms. The van der Waals surface area contributed by atoms with Gasteiger partial charge < -0.3 is 10.6 Å². The van der Waals surface area contributed by atoms with E-state index in [0.29, 0.717) is 16.9 Å². The van der Waals surface area contributed by atoms with Gasteiger partial charge in [0.2, 0.25) is 11.8 Å². The number of nitrogens with one attached hydrogen (secondary N) is 2. The quantitative estimate of drug-likeness (QED) is 0.258.